The van der Waals surface area contributed by atoms with Gasteiger partial charge in [-0.25, -0.2) is 0 Å². The second-order valence-electron chi connectivity index (χ2n) is 9.72. The Morgan fingerprint density at radius 2 is 1.79 bits per heavy atom. The Kier molecular flexibility index (Phi) is 7.01. The molecule has 1 fully saturated rings. The molecule has 1 N–H and O–H groups in total. The summed E-state index contributed by atoms with van der Waals surface area (Å²) >= 11 is 0. The Balaban J connectivity index is 1.12. The van der Waals surface area contributed by atoms with Gasteiger partial charge in [0.05, 0.1) is 6.61 Å². The van der Waals surface area contributed by atoms with Crippen molar-refractivity contribution < 1.29 is 9.84 Å². The number of benzene rings is 3. The Bertz CT molecular complexity index is 1190. The molecule has 0 amide bonds. The summed E-state index contributed by atoms with van der Waals surface area (Å²) in [5.41, 5.74) is 4.82. The summed E-state index contributed by atoms with van der Waals surface area (Å²) in [4.78, 5) is 2.58. The Hall–Kier alpha value is -3.04. The average molecular weight is 454 g/mol. The van der Waals surface area contributed by atoms with Crippen LogP contribution in [0.1, 0.15) is 54.7 Å². The van der Waals surface area contributed by atoms with Gasteiger partial charge in [0.25, 0.3) is 0 Å². The molecule has 0 unspecified atom stereocenters. The van der Waals surface area contributed by atoms with Crippen LogP contribution < -0.4 is 4.74 Å². The van der Waals surface area contributed by atoms with E-state index in [4.69, 9.17) is 4.74 Å². The molecule has 176 valence electrons. The van der Waals surface area contributed by atoms with Gasteiger partial charge >= 0.3 is 0 Å². The van der Waals surface area contributed by atoms with E-state index in [0.717, 1.165) is 62.2 Å². The second-order valence-corrected chi connectivity index (χ2v) is 9.72. The van der Waals surface area contributed by atoms with E-state index in [1.807, 2.05) is 6.07 Å². The van der Waals surface area contributed by atoms with Gasteiger partial charge < -0.3 is 14.7 Å². The van der Waals surface area contributed by atoms with E-state index in [2.05, 4.69) is 72.2 Å². The molecule has 1 heterocycles. The fraction of sp³-hybridized carbons (Fsp3) is 0.355. The summed E-state index contributed by atoms with van der Waals surface area (Å²) in [5, 5.41) is 12.6. The van der Waals surface area contributed by atoms with E-state index in [1.54, 1.807) is 0 Å². The number of aliphatic hydroxyl groups excluding tert-OH is 1. The van der Waals surface area contributed by atoms with Crippen LogP contribution in [0.15, 0.2) is 78.6 Å². The molecule has 1 saturated heterocycles. The van der Waals surface area contributed by atoms with Crippen LogP contribution in [0.2, 0.25) is 0 Å². The van der Waals surface area contributed by atoms with Crippen LogP contribution in [-0.4, -0.2) is 36.2 Å². The monoisotopic (exact) mass is 453 g/mol. The van der Waals surface area contributed by atoms with Gasteiger partial charge in [0.2, 0.25) is 0 Å². The predicted octanol–water partition coefficient (Wildman–Crippen LogP) is 7.28. The minimum atomic E-state index is 0.176. The first-order valence-corrected chi connectivity index (χ1v) is 12.7. The number of aryl methyl sites for hydroxylation is 1. The maximum absolute atomic E-state index is 9.91. The molecule has 3 heteroatoms. The van der Waals surface area contributed by atoms with Gasteiger partial charge in [-0.2, -0.15) is 0 Å². The highest BCUT2D eigenvalue weighted by Gasteiger charge is 2.21. The largest absolute Gasteiger partial charge is 0.508 e. The quantitative estimate of drug-likeness (QED) is 0.301. The zero-order chi connectivity index (χ0) is 23.3. The Morgan fingerprint density at radius 1 is 0.971 bits per heavy atom. The van der Waals surface area contributed by atoms with Gasteiger partial charge in [-0.1, -0.05) is 61.2 Å². The normalized spacial score (nSPS) is 17.1. The topological polar surface area (TPSA) is 32.7 Å². The van der Waals surface area contributed by atoms with Crippen molar-refractivity contribution >= 4 is 16.8 Å². The van der Waals surface area contributed by atoms with Crippen molar-refractivity contribution in [3.05, 3.63) is 95.3 Å². The minimum Gasteiger partial charge on any atom is -0.508 e. The predicted molar refractivity (Wildman–Crippen MR) is 142 cm³/mol. The summed E-state index contributed by atoms with van der Waals surface area (Å²) in [6.45, 7) is 7.83. The van der Waals surface area contributed by atoms with E-state index in [0.29, 0.717) is 12.5 Å². The maximum Gasteiger partial charge on any atom is 0.126 e. The van der Waals surface area contributed by atoms with Gasteiger partial charge in [-0.15, -0.1) is 0 Å². The van der Waals surface area contributed by atoms with Crippen molar-refractivity contribution in [3.8, 4) is 5.75 Å². The molecule has 0 radical (unpaired) electrons. The number of aliphatic hydroxyl groups is 1. The molecule has 0 aromatic heterocycles. The third-order valence-corrected chi connectivity index (χ3v) is 7.45. The van der Waals surface area contributed by atoms with Gasteiger partial charge in [-0.3, -0.25) is 0 Å². The number of fused-ring (bicyclic) bond motifs is 2. The highest BCUT2D eigenvalue weighted by atomic mass is 16.5. The first kappa shape index (κ1) is 22.7. The molecule has 0 saturated carbocycles. The van der Waals surface area contributed by atoms with E-state index >= 15 is 0 Å². The standard InChI is InChI=1S/C31H35NO2/c1-23(33)27-11-4-9-26-10-5-12-31(30(26)22-27)34-20-6-17-32-18-15-25(16-19-32)29-14-13-24-7-2-3-8-28(24)21-29/h2-3,5,7-8,10,12-14,21-22,25,33H,1,4,6,9,11,15-20H2. The lowest BCUT2D eigenvalue weighted by Crippen LogP contribution is -2.34. The van der Waals surface area contributed by atoms with E-state index in [1.165, 1.54) is 34.7 Å². The number of rotatable bonds is 7. The first-order chi connectivity index (χ1) is 16.7. The highest BCUT2D eigenvalue weighted by molar-refractivity contribution is 5.83. The zero-order valence-corrected chi connectivity index (χ0v) is 20.0. The van der Waals surface area contributed by atoms with Crippen LogP contribution in [0.3, 0.4) is 0 Å². The van der Waals surface area contributed by atoms with Crippen LogP contribution in [0.5, 0.6) is 5.75 Å². The van der Waals surface area contributed by atoms with Crippen molar-refractivity contribution in [1.82, 2.24) is 4.90 Å². The van der Waals surface area contributed by atoms with Crippen LogP contribution in [0.25, 0.3) is 16.8 Å². The molecular weight excluding hydrogens is 418 g/mol. The summed E-state index contributed by atoms with van der Waals surface area (Å²) in [5.74, 6) is 1.77. The molecule has 0 spiro atoms. The summed E-state index contributed by atoms with van der Waals surface area (Å²) < 4.78 is 6.23. The third-order valence-electron chi connectivity index (χ3n) is 7.45. The highest BCUT2D eigenvalue weighted by Crippen LogP contribution is 2.33. The molecule has 2 aliphatic rings. The van der Waals surface area contributed by atoms with E-state index < -0.39 is 0 Å². The number of hydrogen-bond donors (Lipinski definition) is 1. The number of likely N-dealkylation sites (tertiary alicyclic amines) is 1. The number of nitrogens with zero attached hydrogens (tertiary/aromatic N) is 1. The Morgan fingerprint density at radius 3 is 2.62 bits per heavy atom. The van der Waals surface area contributed by atoms with Crippen molar-refractivity contribution in [3.63, 3.8) is 0 Å². The first-order valence-electron chi connectivity index (χ1n) is 12.7. The van der Waals surface area contributed by atoms with Crippen LogP contribution in [0, 0.1) is 0 Å². The lowest BCUT2D eigenvalue weighted by atomic mass is 9.88. The molecule has 0 atom stereocenters. The summed E-state index contributed by atoms with van der Waals surface area (Å²) in [7, 11) is 0. The van der Waals surface area contributed by atoms with E-state index in [-0.39, 0.29) is 5.76 Å². The molecule has 1 aliphatic carbocycles. The molecule has 3 nitrogen and oxygen atoms in total. The van der Waals surface area contributed by atoms with Gasteiger partial charge in [-0.05, 0) is 97.1 Å². The SMILES string of the molecule is C=C(O)C1=Cc2c(cccc2OCCCN2CCC(c3ccc4ccccc4c3)CC2)CCC1. The summed E-state index contributed by atoms with van der Waals surface area (Å²) in [6, 6.07) is 21.9. The van der Waals surface area contributed by atoms with Gasteiger partial charge in [0.15, 0.2) is 0 Å². The Labute approximate surface area is 203 Å². The minimum absolute atomic E-state index is 0.176. The van der Waals surface area contributed by atoms with Crippen LogP contribution in [0.4, 0.5) is 0 Å². The number of hydrogen-bond acceptors (Lipinski definition) is 3. The molecular formula is C31H35NO2. The summed E-state index contributed by atoms with van der Waals surface area (Å²) in [6.07, 6.45) is 8.43. The molecule has 3 aromatic carbocycles. The molecule has 5 rings (SSSR count). The van der Waals surface area contributed by atoms with Crippen molar-refractivity contribution in [2.75, 3.05) is 26.2 Å². The molecule has 3 aromatic rings. The van der Waals surface area contributed by atoms with Crippen molar-refractivity contribution in [2.45, 2.75) is 44.4 Å². The fourth-order valence-corrected chi connectivity index (χ4v) is 5.46. The molecule has 1 aliphatic heterocycles. The average Bonchev–Trinajstić information content (AvgIpc) is 3.10. The van der Waals surface area contributed by atoms with Crippen LogP contribution >= 0.6 is 0 Å². The number of allylic oxidation sites excluding steroid dienone is 1. The van der Waals surface area contributed by atoms with Crippen LogP contribution in [-0.2, 0) is 6.42 Å². The van der Waals surface area contributed by atoms with Gasteiger partial charge in [0, 0.05) is 12.1 Å². The fourth-order valence-electron chi connectivity index (χ4n) is 5.46. The molecule has 34 heavy (non-hydrogen) atoms. The zero-order valence-electron chi connectivity index (χ0n) is 20.0. The number of piperidine rings is 1. The van der Waals surface area contributed by atoms with Crippen molar-refractivity contribution in [1.29, 1.82) is 0 Å². The van der Waals surface area contributed by atoms with Crippen molar-refractivity contribution in [2.24, 2.45) is 0 Å². The smallest absolute Gasteiger partial charge is 0.126 e. The maximum atomic E-state index is 9.91. The lowest BCUT2D eigenvalue weighted by molar-refractivity contribution is 0.193. The van der Waals surface area contributed by atoms with E-state index in [9.17, 15) is 5.11 Å². The molecule has 0 bridgehead atoms. The second kappa shape index (κ2) is 10.5. The third kappa shape index (κ3) is 5.20. The van der Waals surface area contributed by atoms with Gasteiger partial charge in [0.1, 0.15) is 11.5 Å². The lowest BCUT2D eigenvalue weighted by Gasteiger charge is -2.32. The number of ether oxygens (including phenoxy) is 1.